The Morgan fingerprint density at radius 3 is 2.50 bits per heavy atom. The van der Waals surface area contributed by atoms with Crippen molar-refractivity contribution in [3.05, 3.63) is 34.9 Å². The highest BCUT2D eigenvalue weighted by atomic mass is 35.5. The van der Waals surface area contributed by atoms with Gasteiger partial charge in [-0.1, -0.05) is 37.6 Å². The molecule has 1 amide bonds. The van der Waals surface area contributed by atoms with Crippen molar-refractivity contribution in [3.63, 3.8) is 0 Å². The van der Waals surface area contributed by atoms with Crippen LogP contribution in [0.25, 0.3) is 0 Å². The molecule has 0 saturated heterocycles. The predicted octanol–water partition coefficient (Wildman–Crippen LogP) is 3.11. The van der Waals surface area contributed by atoms with Crippen LogP contribution in [-0.2, 0) is 4.79 Å². The van der Waals surface area contributed by atoms with Gasteiger partial charge in [0.05, 0.1) is 12.0 Å². The second-order valence-corrected chi connectivity index (χ2v) is 5.07. The number of halogens is 1. The molecule has 0 aromatic heterocycles. The molecule has 3 nitrogen and oxygen atoms in total. The summed E-state index contributed by atoms with van der Waals surface area (Å²) < 4.78 is 0. The lowest BCUT2D eigenvalue weighted by atomic mass is 9.97. The maximum Gasteiger partial charge on any atom is 0.221 e. The molecule has 1 atom stereocenters. The van der Waals surface area contributed by atoms with E-state index in [0.29, 0.717) is 17.5 Å². The fraction of sp³-hybridized carbons (Fsp3) is 0.429. The van der Waals surface area contributed by atoms with Gasteiger partial charge in [-0.15, -0.1) is 0 Å². The van der Waals surface area contributed by atoms with Crippen LogP contribution in [0, 0.1) is 17.2 Å². The van der Waals surface area contributed by atoms with Gasteiger partial charge in [-0.2, -0.15) is 5.26 Å². The fourth-order valence-corrected chi connectivity index (χ4v) is 1.63. The van der Waals surface area contributed by atoms with Gasteiger partial charge in [-0.05, 0) is 23.6 Å². The minimum absolute atomic E-state index is 0.0924. The number of hydrogen-bond acceptors (Lipinski definition) is 2. The zero-order chi connectivity index (χ0) is 13.5. The molecular weight excluding hydrogens is 248 g/mol. The van der Waals surface area contributed by atoms with E-state index in [1.807, 2.05) is 13.8 Å². The summed E-state index contributed by atoms with van der Waals surface area (Å²) in [5, 5.41) is 12.5. The molecule has 1 rings (SSSR count). The fourth-order valence-electron chi connectivity index (χ4n) is 1.51. The smallest absolute Gasteiger partial charge is 0.221 e. The second kappa shape index (κ2) is 7.03. The van der Waals surface area contributed by atoms with Crippen LogP contribution in [0.3, 0.4) is 0 Å². The molecule has 1 N–H and O–H groups in total. The number of rotatable bonds is 5. The molecule has 0 aliphatic rings. The molecular formula is C14H17ClN2O. The van der Waals surface area contributed by atoms with Gasteiger partial charge >= 0.3 is 0 Å². The summed E-state index contributed by atoms with van der Waals surface area (Å²) in [6.07, 6.45) is 0.185. The number of amides is 1. The van der Waals surface area contributed by atoms with Crippen molar-refractivity contribution in [2.45, 2.75) is 26.2 Å². The molecule has 1 aromatic rings. The Labute approximate surface area is 113 Å². The van der Waals surface area contributed by atoms with Crippen molar-refractivity contribution in [1.82, 2.24) is 5.32 Å². The molecule has 0 fully saturated rings. The van der Waals surface area contributed by atoms with E-state index < -0.39 is 5.92 Å². The minimum atomic E-state index is -0.422. The molecule has 0 saturated carbocycles. The average Bonchev–Trinajstić information content (AvgIpc) is 2.34. The zero-order valence-electron chi connectivity index (χ0n) is 10.6. The van der Waals surface area contributed by atoms with Gasteiger partial charge in [-0.25, -0.2) is 0 Å². The number of nitrogens with zero attached hydrogens (tertiary/aromatic N) is 1. The van der Waals surface area contributed by atoms with Gasteiger partial charge in [-0.3, -0.25) is 4.79 Å². The molecule has 0 radical (unpaired) electrons. The first-order valence-electron chi connectivity index (χ1n) is 5.94. The monoisotopic (exact) mass is 264 g/mol. The Balaban J connectivity index is 2.60. The molecule has 4 heteroatoms. The number of carbonyl (C=O) groups is 1. The highest BCUT2D eigenvalue weighted by molar-refractivity contribution is 6.30. The third-order valence-electron chi connectivity index (χ3n) is 2.53. The summed E-state index contributed by atoms with van der Waals surface area (Å²) >= 11 is 5.79. The van der Waals surface area contributed by atoms with Crippen molar-refractivity contribution in [1.29, 1.82) is 5.26 Å². The quantitative estimate of drug-likeness (QED) is 0.888. The number of benzene rings is 1. The Morgan fingerprint density at radius 1 is 1.39 bits per heavy atom. The van der Waals surface area contributed by atoms with Crippen molar-refractivity contribution in [2.24, 2.45) is 5.92 Å². The predicted molar refractivity (Wildman–Crippen MR) is 72.3 cm³/mol. The lowest BCUT2D eigenvalue weighted by molar-refractivity contribution is -0.121. The van der Waals surface area contributed by atoms with Gasteiger partial charge < -0.3 is 5.32 Å². The van der Waals surface area contributed by atoms with E-state index in [1.165, 1.54) is 0 Å². The third kappa shape index (κ3) is 4.77. The van der Waals surface area contributed by atoms with Crippen LogP contribution in [0.15, 0.2) is 24.3 Å². The molecule has 0 bridgehead atoms. The lowest BCUT2D eigenvalue weighted by Crippen LogP contribution is -2.28. The van der Waals surface area contributed by atoms with E-state index in [1.54, 1.807) is 24.3 Å². The first-order chi connectivity index (χ1) is 8.52. The molecule has 0 aliphatic carbocycles. The molecule has 0 spiro atoms. The molecule has 1 aromatic carbocycles. The zero-order valence-corrected chi connectivity index (χ0v) is 11.4. The van der Waals surface area contributed by atoms with E-state index >= 15 is 0 Å². The summed E-state index contributed by atoms with van der Waals surface area (Å²) in [6, 6.07) is 9.18. The van der Waals surface area contributed by atoms with Gasteiger partial charge in [0.15, 0.2) is 0 Å². The van der Waals surface area contributed by atoms with E-state index in [0.717, 1.165) is 5.56 Å². The topological polar surface area (TPSA) is 52.9 Å². The Bertz CT molecular complexity index is 434. The number of carbonyl (C=O) groups excluding carboxylic acids is 1. The summed E-state index contributed by atoms with van der Waals surface area (Å²) in [7, 11) is 0. The van der Waals surface area contributed by atoms with Gasteiger partial charge in [0, 0.05) is 18.0 Å². The van der Waals surface area contributed by atoms with Crippen LogP contribution in [0.4, 0.5) is 0 Å². The molecule has 0 aliphatic heterocycles. The van der Waals surface area contributed by atoms with Crippen LogP contribution >= 0.6 is 11.6 Å². The van der Waals surface area contributed by atoms with Crippen LogP contribution in [0.2, 0.25) is 5.02 Å². The first-order valence-corrected chi connectivity index (χ1v) is 6.32. The number of nitriles is 1. The Kier molecular flexibility index (Phi) is 5.67. The SMILES string of the molecule is CC(C)CNC(=O)CC(C#N)c1ccc(Cl)cc1. The average molecular weight is 265 g/mol. The van der Waals surface area contributed by atoms with Crippen LogP contribution in [0.5, 0.6) is 0 Å². The number of hydrogen-bond donors (Lipinski definition) is 1. The van der Waals surface area contributed by atoms with Crippen molar-refractivity contribution < 1.29 is 4.79 Å². The van der Waals surface area contributed by atoms with Crippen molar-refractivity contribution >= 4 is 17.5 Å². The standard InChI is InChI=1S/C14H17ClN2O/c1-10(2)9-17-14(18)7-12(8-16)11-3-5-13(15)6-4-11/h3-6,10,12H,7,9H2,1-2H3,(H,17,18). The maximum atomic E-state index is 11.7. The molecule has 18 heavy (non-hydrogen) atoms. The summed E-state index contributed by atoms with van der Waals surface area (Å²) in [5.74, 6) is -0.107. The van der Waals surface area contributed by atoms with Gasteiger partial charge in [0.25, 0.3) is 0 Å². The minimum Gasteiger partial charge on any atom is -0.356 e. The highest BCUT2D eigenvalue weighted by Gasteiger charge is 2.15. The van der Waals surface area contributed by atoms with Crippen molar-refractivity contribution in [3.8, 4) is 6.07 Å². The van der Waals surface area contributed by atoms with Crippen LogP contribution in [-0.4, -0.2) is 12.5 Å². The third-order valence-corrected chi connectivity index (χ3v) is 2.78. The number of nitrogens with one attached hydrogen (secondary N) is 1. The largest absolute Gasteiger partial charge is 0.356 e. The summed E-state index contributed by atoms with van der Waals surface area (Å²) in [5.41, 5.74) is 0.821. The van der Waals surface area contributed by atoms with Crippen LogP contribution < -0.4 is 5.32 Å². The summed E-state index contributed by atoms with van der Waals surface area (Å²) in [6.45, 7) is 4.69. The van der Waals surface area contributed by atoms with E-state index in [2.05, 4.69) is 11.4 Å². The van der Waals surface area contributed by atoms with Crippen LogP contribution in [0.1, 0.15) is 31.7 Å². The Hall–Kier alpha value is -1.53. The van der Waals surface area contributed by atoms with Crippen molar-refractivity contribution in [2.75, 3.05) is 6.54 Å². The first kappa shape index (κ1) is 14.5. The highest BCUT2D eigenvalue weighted by Crippen LogP contribution is 2.20. The van der Waals surface area contributed by atoms with Gasteiger partial charge in [0.1, 0.15) is 0 Å². The maximum absolute atomic E-state index is 11.7. The van der Waals surface area contributed by atoms with E-state index in [4.69, 9.17) is 16.9 Å². The summed E-state index contributed by atoms with van der Waals surface area (Å²) in [4.78, 5) is 11.7. The molecule has 0 heterocycles. The van der Waals surface area contributed by atoms with Gasteiger partial charge in [0.2, 0.25) is 5.91 Å². The molecule has 1 unspecified atom stereocenters. The lowest BCUT2D eigenvalue weighted by Gasteiger charge is -2.11. The Morgan fingerprint density at radius 2 is 2.00 bits per heavy atom. The van der Waals surface area contributed by atoms with E-state index in [-0.39, 0.29) is 12.3 Å². The normalized spacial score (nSPS) is 11.9. The molecule has 96 valence electrons. The second-order valence-electron chi connectivity index (χ2n) is 4.64. The van der Waals surface area contributed by atoms with E-state index in [9.17, 15) is 4.79 Å².